The van der Waals surface area contributed by atoms with Crippen molar-refractivity contribution in [1.82, 2.24) is 4.98 Å². The fourth-order valence-corrected chi connectivity index (χ4v) is 2.99. The highest BCUT2D eigenvalue weighted by atomic mass is 79.9. The molecule has 5 heteroatoms. The van der Waals surface area contributed by atoms with Crippen LogP contribution in [0.5, 0.6) is 0 Å². The van der Waals surface area contributed by atoms with E-state index >= 15 is 0 Å². The smallest absolute Gasteiger partial charge is 0.0992 e. The molecule has 3 nitrogen and oxygen atoms in total. The summed E-state index contributed by atoms with van der Waals surface area (Å²) in [5, 5.41) is 13.9. The summed E-state index contributed by atoms with van der Waals surface area (Å²) in [6.07, 6.45) is 0. The van der Waals surface area contributed by atoms with Gasteiger partial charge in [-0.25, -0.2) is 0 Å². The van der Waals surface area contributed by atoms with Gasteiger partial charge < -0.3 is 10.3 Å². The van der Waals surface area contributed by atoms with Gasteiger partial charge in [-0.1, -0.05) is 29.8 Å². The van der Waals surface area contributed by atoms with Crippen LogP contribution < -0.4 is 5.32 Å². The van der Waals surface area contributed by atoms with Gasteiger partial charge in [-0.2, -0.15) is 5.26 Å². The van der Waals surface area contributed by atoms with E-state index in [9.17, 15) is 0 Å². The lowest BCUT2D eigenvalue weighted by atomic mass is 10.2. The molecule has 0 aliphatic carbocycles. The molecule has 0 aliphatic rings. The average Bonchev–Trinajstić information content (AvgIpc) is 2.83. The van der Waals surface area contributed by atoms with Crippen molar-refractivity contribution < 1.29 is 0 Å². The minimum Gasteiger partial charge on any atom is -0.379 e. The van der Waals surface area contributed by atoms with E-state index in [1.807, 2.05) is 30.3 Å². The largest absolute Gasteiger partial charge is 0.379 e. The first-order valence-corrected chi connectivity index (χ1v) is 7.55. The van der Waals surface area contributed by atoms with Gasteiger partial charge >= 0.3 is 0 Å². The van der Waals surface area contributed by atoms with Gasteiger partial charge in [-0.15, -0.1) is 0 Å². The van der Waals surface area contributed by atoms with Gasteiger partial charge in [0.1, 0.15) is 0 Å². The van der Waals surface area contributed by atoms with E-state index in [0.29, 0.717) is 12.1 Å². The van der Waals surface area contributed by atoms with Crippen molar-refractivity contribution in [3.05, 3.63) is 63.2 Å². The Morgan fingerprint density at radius 3 is 2.76 bits per heavy atom. The number of fused-ring (bicyclic) bond motifs is 1. The molecular formula is C16H11BrClN3. The highest BCUT2D eigenvalue weighted by Crippen LogP contribution is 2.29. The third kappa shape index (κ3) is 2.76. The van der Waals surface area contributed by atoms with E-state index in [-0.39, 0.29) is 0 Å². The van der Waals surface area contributed by atoms with Crippen LogP contribution in [-0.2, 0) is 6.54 Å². The van der Waals surface area contributed by atoms with Crippen LogP contribution in [0.25, 0.3) is 10.9 Å². The van der Waals surface area contributed by atoms with E-state index in [4.69, 9.17) is 16.9 Å². The zero-order valence-corrected chi connectivity index (χ0v) is 13.3. The number of nitrogens with one attached hydrogen (secondary N) is 2. The van der Waals surface area contributed by atoms with Gasteiger partial charge in [-0.3, -0.25) is 0 Å². The number of nitriles is 1. The first kappa shape index (κ1) is 14.0. The second kappa shape index (κ2) is 5.80. The van der Waals surface area contributed by atoms with E-state index < -0.39 is 0 Å². The molecule has 2 aromatic carbocycles. The van der Waals surface area contributed by atoms with E-state index in [0.717, 1.165) is 31.8 Å². The van der Waals surface area contributed by atoms with Crippen molar-refractivity contribution in [2.24, 2.45) is 0 Å². The van der Waals surface area contributed by atoms with Crippen LogP contribution in [-0.4, -0.2) is 4.98 Å². The maximum Gasteiger partial charge on any atom is 0.0992 e. The second-order valence-electron chi connectivity index (χ2n) is 4.62. The number of aromatic nitrogens is 1. The lowest BCUT2D eigenvalue weighted by Crippen LogP contribution is -2.01. The summed E-state index contributed by atoms with van der Waals surface area (Å²) in [7, 11) is 0. The van der Waals surface area contributed by atoms with Crippen molar-refractivity contribution in [2.45, 2.75) is 6.54 Å². The number of benzene rings is 2. The van der Waals surface area contributed by atoms with E-state index in [1.165, 1.54) is 0 Å². The maximum atomic E-state index is 8.86. The molecule has 3 rings (SSSR count). The van der Waals surface area contributed by atoms with Crippen molar-refractivity contribution in [3.63, 3.8) is 0 Å². The summed E-state index contributed by atoms with van der Waals surface area (Å²) in [5.74, 6) is 0. The first-order chi connectivity index (χ1) is 10.2. The zero-order chi connectivity index (χ0) is 14.8. The van der Waals surface area contributed by atoms with Crippen molar-refractivity contribution in [1.29, 1.82) is 5.26 Å². The minimum absolute atomic E-state index is 0.581. The molecule has 0 aliphatic heterocycles. The molecule has 3 aromatic rings. The Hall–Kier alpha value is -1.96. The number of nitrogens with zero attached hydrogens (tertiary/aromatic N) is 1. The third-order valence-corrected chi connectivity index (χ3v) is 4.36. The molecule has 104 valence electrons. The molecule has 21 heavy (non-hydrogen) atoms. The molecule has 0 saturated heterocycles. The van der Waals surface area contributed by atoms with Gasteiger partial charge in [0.05, 0.1) is 28.9 Å². The number of aromatic amines is 1. The molecule has 0 bridgehead atoms. The zero-order valence-electron chi connectivity index (χ0n) is 11.0. The van der Waals surface area contributed by atoms with Crippen LogP contribution in [0.4, 0.5) is 5.69 Å². The molecule has 0 amide bonds. The molecule has 0 unspecified atom stereocenters. The molecule has 0 spiro atoms. The number of anilines is 1. The highest BCUT2D eigenvalue weighted by Gasteiger charge is 2.09. The summed E-state index contributed by atoms with van der Waals surface area (Å²) < 4.78 is 0.855. The second-order valence-corrected chi connectivity index (χ2v) is 5.86. The van der Waals surface area contributed by atoms with Gasteiger partial charge in [0.25, 0.3) is 0 Å². The van der Waals surface area contributed by atoms with Crippen molar-refractivity contribution >= 4 is 44.1 Å². The molecule has 1 aromatic heterocycles. The summed E-state index contributed by atoms with van der Waals surface area (Å²) >= 11 is 9.84. The van der Waals surface area contributed by atoms with E-state index in [2.05, 4.69) is 32.3 Å². The molecule has 1 heterocycles. The number of para-hydroxylation sites is 1. The Balaban J connectivity index is 1.84. The Kier molecular flexibility index (Phi) is 3.87. The van der Waals surface area contributed by atoms with Crippen LogP contribution in [0.3, 0.4) is 0 Å². The normalized spacial score (nSPS) is 10.5. The summed E-state index contributed by atoms with van der Waals surface area (Å²) in [4.78, 5) is 3.31. The summed E-state index contributed by atoms with van der Waals surface area (Å²) in [6, 6.07) is 15.5. The number of hydrogen-bond acceptors (Lipinski definition) is 2. The van der Waals surface area contributed by atoms with Gasteiger partial charge in [0.15, 0.2) is 0 Å². The highest BCUT2D eigenvalue weighted by molar-refractivity contribution is 9.10. The number of rotatable bonds is 3. The third-order valence-electron chi connectivity index (χ3n) is 3.27. The molecule has 0 atom stereocenters. The van der Waals surface area contributed by atoms with Crippen LogP contribution in [0.15, 0.2) is 46.9 Å². The van der Waals surface area contributed by atoms with Crippen LogP contribution in [0.1, 0.15) is 11.3 Å². The molecule has 0 fully saturated rings. The number of hydrogen-bond donors (Lipinski definition) is 2. The fraction of sp³-hybridized carbons (Fsp3) is 0.0625. The van der Waals surface area contributed by atoms with Crippen LogP contribution >= 0.6 is 27.5 Å². The molecule has 0 radical (unpaired) electrons. The Labute approximate surface area is 135 Å². The lowest BCUT2D eigenvalue weighted by Gasteiger charge is -2.08. The topological polar surface area (TPSA) is 51.6 Å². The maximum absolute atomic E-state index is 8.86. The van der Waals surface area contributed by atoms with Crippen LogP contribution in [0.2, 0.25) is 5.02 Å². The number of halogens is 2. The standard InChI is InChI=1S/C16H11BrClN3/c17-12-7-10(8-19)5-6-14(12)20-9-15-16(18)11-3-1-2-4-13(11)21-15/h1-7,20-21H,9H2. The first-order valence-electron chi connectivity index (χ1n) is 6.37. The van der Waals surface area contributed by atoms with Crippen molar-refractivity contribution in [3.8, 4) is 6.07 Å². The van der Waals surface area contributed by atoms with Crippen LogP contribution in [0, 0.1) is 11.3 Å². The van der Waals surface area contributed by atoms with Gasteiger partial charge in [-0.05, 0) is 40.2 Å². The number of H-pyrrole nitrogens is 1. The van der Waals surface area contributed by atoms with Gasteiger partial charge in [0, 0.05) is 21.1 Å². The molecule has 0 saturated carbocycles. The minimum atomic E-state index is 0.581. The fourth-order valence-electron chi connectivity index (χ4n) is 2.20. The molecule has 2 N–H and O–H groups in total. The Bertz CT molecular complexity index is 848. The summed E-state index contributed by atoms with van der Waals surface area (Å²) in [5.41, 5.74) is 3.51. The SMILES string of the molecule is N#Cc1ccc(NCc2[nH]c3ccccc3c2Cl)c(Br)c1. The lowest BCUT2D eigenvalue weighted by molar-refractivity contribution is 1.08. The van der Waals surface area contributed by atoms with Gasteiger partial charge in [0.2, 0.25) is 0 Å². The van der Waals surface area contributed by atoms with E-state index in [1.54, 1.807) is 12.1 Å². The quantitative estimate of drug-likeness (QED) is 0.685. The predicted molar refractivity (Wildman–Crippen MR) is 89.5 cm³/mol. The Morgan fingerprint density at radius 2 is 2.05 bits per heavy atom. The Morgan fingerprint density at radius 1 is 1.24 bits per heavy atom. The average molecular weight is 361 g/mol. The predicted octanol–water partition coefficient (Wildman–Crippen LogP) is 5.07. The monoisotopic (exact) mass is 359 g/mol. The summed E-state index contributed by atoms with van der Waals surface area (Å²) in [6.45, 7) is 0.581. The van der Waals surface area contributed by atoms with Crippen molar-refractivity contribution in [2.75, 3.05) is 5.32 Å². The molecular weight excluding hydrogens is 350 g/mol.